The first kappa shape index (κ1) is 18.6. The summed E-state index contributed by atoms with van der Waals surface area (Å²) in [5, 5.41) is 6.03. The van der Waals surface area contributed by atoms with Gasteiger partial charge in [-0.3, -0.25) is 9.59 Å². The highest BCUT2D eigenvalue weighted by atomic mass is 16.5. The van der Waals surface area contributed by atoms with Crippen LogP contribution >= 0.6 is 0 Å². The van der Waals surface area contributed by atoms with Gasteiger partial charge in [-0.05, 0) is 25.7 Å². The number of ether oxygens (including phenoxy) is 1. The Morgan fingerprint density at radius 3 is 3.00 bits per heavy atom. The van der Waals surface area contributed by atoms with Gasteiger partial charge in [0.25, 0.3) is 5.91 Å². The van der Waals surface area contributed by atoms with E-state index in [4.69, 9.17) is 4.74 Å². The van der Waals surface area contributed by atoms with Gasteiger partial charge in [0.2, 0.25) is 5.91 Å². The number of nitrogens with zero attached hydrogens (tertiary/aromatic N) is 2. The summed E-state index contributed by atoms with van der Waals surface area (Å²) >= 11 is 0. The van der Waals surface area contributed by atoms with Crippen LogP contribution in [0.1, 0.15) is 48.9 Å². The molecule has 2 atom stereocenters. The molecule has 3 rings (SSSR count). The first-order chi connectivity index (χ1) is 12.5. The number of rotatable bonds is 6. The van der Waals surface area contributed by atoms with Gasteiger partial charge in [0.15, 0.2) is 0 Å². The van der Waals surface area contributed by atoms with Gasteiger partial charge in [-0.25, -0.2) is 4.98 Å². The third kappa shape index (κ3) is 3.98. The molecule has 2 amide bonds. The fourth-order valence-electron chi connectivity index (χ4n) is 3.62. The van der Waals surface area contributed by atoms with Crippen molar-refractivity contribution in [2.45, 2.75) is 51.6 Å². The highest BCUT2D eigenvalue weighted by Gasteiger charge is 2.35. The molecule has 1 aromatic heterocycles. The molecular weight excluding hydrogens is 332 g/mol. The summed E-state index contributed by atoms with van der Waals surface area (Å²) in [7, 11) is 1.60. The maximum absolute atomic E-state index is 12.8. The second-order valence-electron chi connectivity index (χ2n) is 7.40. The van der Waals surface area contributed by atoms with Gasteiger partial charge in [0.1, 0.15) is 11.5 Å². The second kappa shape index (κ2) is 8.03. The zero-order chi connectivity index (χ0) is 18.6. The number of aryl methyl sites for hydroxylation is 1. The predicted molar refractivity (Wildman–Crippen MR) is 97.8 cm³/mol. The van der Waals surface area contributed by atoms with Crippen molar-refractivity contribution in [2.24, 2.45) is 5.41 Å². The summed E-state index contributed by atoms with van der Waals surface area (Å²) in [6.07, 6.45) is 10.1. The van der Waals surface area contributed by atoms with Crippen LogP contribution in [-0.4, -0.2) is 47.7 Å². The van der Waals surface area contributed by atoms with E-state index in [0.29, 0.717) is 25.4 Å². The van der Waals surface area contributed by atoms with Crippen LogP contribution in [0.2, 0.25) is 0 Å². The Bertz CT molecular complexity index is 697. The fraction of sp³-hybridized carbons (Fsp3) is 0.632. The molecule has 0 radical (unpaired) electrons. The molecule has 7 nitrogen and oxygen atoms in total. The van der Waals surface area contributed by atoms with E-state index in [2.05, 4.69) is 27.8 Å². The van der Waals surface area contributed by atoms with E-state index in [-0.39, 0.29) is 23.3 Å². The molecule has 26 heavy (non-hydrogen) atoms. The number of methoxy groups -OCH3 is 1. The van der Waals surface area contributed by atoms with Crippen molar-refractivity contribution in [1.82, 2.24) is 20.2 Å². The van der Waals surface area contributed by atoms with Crippen LogP contribution in [0.25, 0.3) is 0 Å². The molecule has 0 saturated heterocycles. The summed E-state index contributed by atoms with van der Waals surface area (Å²) < 4.78 is 6.89. The third-order valence-electron chi connectivity index (χ3n) is 5.36. The molecule has 1 aliphatic carbocycles. The summed E-state index contributed by atoms with van der Waals surface area (Å²) in [6.45, 7) is 3.55. The van der Waals surface area contributed by atoms with Crippen LogP contribution in [-0.2, 0) is 22.5 Å². The van der Waals surface area contributed by atoms with Crippen LogP contribution in [0.15, 0.2) is 18.3 Å². The number of hydrogen-bond donors (Lipinski definition) is 2. The van der Waals surface area contributed by atoms with E-state index in [1.165, 1.54) is 0 Å². The van der Waals surface area contributed by atoms with Crippen molar-refractivity contribution in [3.63, 3.8) is 0 Å². The molecule has 2 N–H and O–H groups in total. The van der Waals surface area contributed by atoms with E-state index in [1.807, 2.05) is 11.5 Å². The van der Waals surface area contributed by atoms with Gasteiger partial charge in [0, 0.05) is 32.7 Å². The molecule has 1 aliphatic heterocycles. The SMILES string of the molecule is COCCNC(=O)c1cnc2n1CC(NC(=O)C1(C)CC=CCC1)CC2. The van der Waals surface area contributed by atoms with Gasteiger partial charge in [-0.2, -0.15) is 0 Å². The predicted octanol–water partition coefficient (Wildman–Crippen LogP) is 1.44. The molecule has 1 aromatic rings. The normalized spacial score (nSPS) is 24.8. The fourth-order valence-corrected chi connectivity index (χ4v) is 3.62. The number of carbonyl (C=O) groups excluding carboxylic acids is 2. The number of amides is 2. The minimum atomic E-state index is -0.329. The lowest BCUT2D eigenvalue weighted by Crippen LogP contribution is -2.48. The Labute approximate surface area is 154 Å². The lowest BCUT2D eigenvalue weighted by atomic mass is 9.78. The molecule has 0 saturated carbocycles. The summed E-state index contributed by atoms with van der Waals surface area (Å²) in [5.41, 5.74) is 0.214. The van der Waals surface area contributed by atoms with Crippen molar-refractivity contribution < 1.29 is 14.3 Å². The average Bonchev–Trinajstić information content (AvgIpc) is 3.06. The van der Waals surface area contributed by atoms with Crippen LogP contribution in [0.3, 0.4) is 0 Å². The maximum atomic E-state index is 12.8. The number of fused-ring (bicyclic) bond motifs is 1. The highest BCUT2D eigenvalue weighted by Crippen LogP contribution is 2.32. The molecule has 142 valence electrons. The number of nitrogens with one attached hydrogen (secondary N) is 2. The number of imidazole rings is 1. The Kier molecular flexibility index (Phi) is 5.76. The highest BCUT2D eigenvalue weighted by molar-refractivity contribution is 5.92. The smallest absolute Gasteiger partial charge is 0.269 e. The average molecular weight is 360 g/mol. The number of carbonyl (C=O) groups is 2. The van der Waals surface area contributed by atoms with Crippen molar-refractivity contribution in [3.8, 4) is 0 Å². The van der Waals surface area contributed by atoms with Crippen molar-refractivity contribution in [3.05, 3.63) is 29.9 Å². The van der Waals surface area contributed by atoms with Crippen molar-refractivity contribution in [2.75, 3.05) is 20.3 Å². The summed E-state index contributed by atoms with van der Waals surface area (Å²) in [5.74, 6) is 0.859. The first-order valence-electron chi connectivity index (χ1n) is 9.31. The van der Waals surface area contributed by atoms with Crippen LogP contribution in [0.5, 0.6) is 0 Å². The molecule has 2 unspecified atom stereocenters. The maximum Gasteiger partial charge on any atom is 0.269 e. The van der Waals surface area contributed by atoms with Gasteiger partial charge in [-0.1, -0.05) is 19.1 Å². The lowest BCUT2D eigenvalue weighted by Gasteiger charge is -2.33. The molecule has 0 bridgehead atoms. The van der Waals surface area contributed by atoms with Gasteiger partial charge in [-0.15, -0.1) is 0 Å². The number of aromatic nitrogens is 2. The molecule has 0 spiro atoms. The Hall–Kier alpha value is -2.15. The van der Waals surface area contributed by atoms with Crippen LogP contribution in [0.4, 0.5) is 0 Å². The molecule has 2 aliphatic rings. The molecular formula is C19H28N4O3. The first-order valence-corrected chi connectivity index (χ1v) is 9.31. The summed E-state index contributed by atoms with van der Waals surface area (Å²) in [4.78, 5) is 29.5. The third-order valence-corrected chi connectivity index (χ3v) is 5.36. The topological polar surface area (TPSA) is 85.2 Å². The molecule has 0 fully saturated rings. The van der Waals surface area contributed by atoms with E-state index in [0.717, 1.165) is 37.9 Å². The van der Waals surface area contributed by atoms with Gasteiger partial charge >= 0.3 is 0 Å². The molecule has 0 aromatic carbocycles. The van der Waals surface area contributed by atoms with Crippen molar-refractivity contribution >= 4 is 11.8 Å². The Morgan fingerprint density at radius 2 is 2.27 bits per heavy atom. The zero-order valence-corrected chi connectivity index (χ0v) is 15.6. The van der Waals surface area contributed by atoms with Gasteiger partial charge in [0.05, 0.1) is 18.2 Å². The molecule has 7 heteroatoms. The van der Waals surface area contributed by atoms with E-state index in [1.54, 1.807) is 13.3 Å². The monoisotopic (exact) mass is 360 g/mol. The largest absolute Gasteiger partial charge is 0.383 e. The van der Waals surface area contributed by atoms with E-state index in [9.17, 15) is 9.59 Å². The number of hydrogen-bond acceptors (Lipinski definition) is 4. The quantitative estimate of drug-likeness (QED) is 0.594. The van der Waals surface area contributed by atoms with Crippen molar-refractivity contribution in [1.29, 1.82) is 0 Å². The van der Waals surface area contributed by atoms with E-state index >= 15 is 0 Å². The molecule has 2 heterocycles. The minimum Gasteiger partial charge on any atom is -0.383 e. The second-order valence-corrected chi connectivity index (χ2v) is 7.40. The zero-order valence-electron chi connectivity index (χ0n) is 15.6. The summed E-state index contributed by atoms with van der Waals surface area (Å²) in [6, 6.07) is 0.0254. The Balaban J connectivity index is 1.63. The lowest BCUT2D eigenvalue weighted by molar-refractivity contribution is -0.131. The van der Waals surface area contributed by atoms with Gasteiger partial charge < -0.3 is 19.9 Å². The number of allylic oxidation sites excluding steroid dienone is 2. The standard InChI is InChI=1S/C19H28N4O3/c1-19(8-4-3-5-9-19)18(25)22-14-6-7-16-21-12-15(23(16)13-14)17(24)20-10-11-26-2/h3-4,12,14H,5-11,13H2,1-2H3,(H,20,24)(H,22,25). The van der Waals surface area contributed by atoms with Crippen LogP contribution in [0, 0.1) is 5.41 Å². The van der Waals surface area contributed by atoms with E-state index < -0.39 is 0 Å². The van der Waals surface area contributed by atoms with Crippen LogP contribution < -0.4 is 10.6 Å². The Morgan fingerprint density at radius 1 is 1.42 bits per heavy atom. The minimum absolute atomic E-state index is 0.0254.